The molecule has 4 N–H and O–H groups in total. The van der Waals surface area contributed by atoms with E-state index in [0.29, 0.717) is 0 Å². The molecule has 0 aliphatic heterocycles. The van der Waals surface area contributed by atoms with E-state index in [-0.39, 0.29) is 12.0 Å². The minimum absolute atomic E-state index is 0.127. The van der Waals surface area contributed by atoms with Crippen LogP contribution in [0.3, 0.4) is 0 Å². The summed E-state index contributed by atoms with van der Waals surface area (Å²) in [6.07, 6.45) is 1.21. The highest BCUT2D eigenvalue weighted by atomic mass is 16.5. The van der Waals surface area contributed by atoms with Crippen molar-refractivity contribution in [3.8, 4) is 0 Å². The van der Waals surface area contributed by atoms with Gasteiger partial charge in [0.2, 0.25) is 0 Å². The lowest BCUT2D eigenvalue weighted by atomic mass is 10.9. The van der Waals surface area contributed by atoms with Gasteiger partial charge in [-0.05, 0) is 0 Å². The zero-order valence-electron chi connectivity index (χ0n) is 4.46. The molecular formula is C3H5N5O. The van der Waals surface area contributed by atoms with Crippen LogP contribution in [-0.4, -0.2) is 16.1 Å². The fourth-order valence-electron chi connectivity index (χ4n) is 0.343. The Bertz CT molecular complexity index is 192. The smallest absolute Gasteiger partial charge is 0.327 e. The molecule has 0 atom stereocenters. The molecule has 0 aliphatic rings. The van der Waals surface area contributed by atoms with E-state index in [1.807, 2.05) is 0 Å². The van der Waals surface area contributed by atoms with Crippen LogP contribution in [0.5, 0.6) is 0 Å². The van der Waals surface area contributed by atoms with Gasteiger partial charge in [-0.3, -0.25) is 10.7 Å². The second-order valence-electron chi connectivity index (χ2n) is 1.29. The third kappa shape index (κ3) is 1.41. The highest BCUT2D eigenvalue weighted by Gasteiger charge is 1.95. The molecule has 0 bridgehead atoms. The van der Waals surface area contributed by atoms with Crippen molar-refractivity contribution in [1.82, 2.24) is 10.1 Å². The van der Waals surface area contributed by atoms with Crippen LogP contribution in [0.15, 0.2) is 10.9 Å². The molecule has 1 aromatic heterocycles. The number of nitrogens with two attached hydrogens (primary N) is 1. The van der Waals surface area contributed by atoms with Crippen molar-refractivity contribution in [2.24, 2.45) is 5.73 Å². The monoisotopic (exact) mass is 127 g/mol. The summed E-state index contributed by atoms with van der Waals surface area (Å²) in [5, 5.41) is 12.3. The molecule has 9 heavy (non-hydrogen) atoms. The first kappa shape index (κ1) is 5.54. The van der Waals surface area contributed by atoms with E-state index in [4.69, 9.17) is 11.1 Å². The third-order valence-corrected chi connectivity index (χ3v) is 0.603. The standard InChI is InChI=1S/C3H5N5O/c4-2(5)8-3-6-1-7-9-3/h1H,(H4,4,5,6,7,8). The highest BCUT2D eigenvalue weighted by Crippen LogP contribution is 1.94. The molecule has 0 radical (unpaired) electrons. The molecule has 0 fully saturated rings. The maximum atomic E-state index is 6.71. The van der Waals surface area contributed by atoms with Crippen LogP contribution >= 0.6 is 0 Å². The number of nitrogens with one attached hydrogen (secondary N) is 2. The average molecular weight is 127 g/mol. The number of rotatable bonds is 1. The fourth-order valence-corrected chi connectivity index (χ4v) is 0.343. The third-order valence-electron chi connectivity index (χ3n) is 0.603. The van der Waals surface area contributed by atoms with E-state index in [9.17, 15) is 0 Å². The van der Waals surface area contributed by atoms with Gasteiger partial charge in [-0.25, -0.2) is 0 Å². The SMILES string of the molecule is N=C(N)Nc1ncno1. The van der Waals surface area contributed by atoms with Crippen molar-refractivity contribution < 1.29 is 4.52 Å². The minimum atomic E-state index is -0.223. The van der Waals surface area contributed by atoms with Crippen molar-refractivity contribution in [1.29, 1.82) is 5.41 Å². The average Bonchev–Trinajstić information content (AvgIpc) is 2.15. The summed E-state index contributed by atoms with van der Waals surface area (Å²) in [5.41, 5.74) is 4.93. The van der Waals surface area contributed by atoms with Crippen molar-refractivity contribution in [3.05, 3.63) is 6.33 Å². The summed E-state index contributed by atoms with van der Waals surface area (Å²) < 4.78 is 4.45. The van der Waals surface area contributed by atoms with Gasteiger partial charge in [0, 0.05) is 0 Å². The Kier molecular flexibility index (Phi) is 1.31. The quantitative estimate of drug-likeness (QED) is 0.344. The van der Waals surface area contributed by atoms with Crippen molar-refractivity contribution in [2.75, 3.05) is 5.32 Å². The van der Waals surface area contributed by atoms with E-state index in [1.165, 1.54) is 6.33 Å². The van der Waals surface area contributed by atoms with Gasteiger partial charge in [0.1, 0.15) is 0 Å². The molecule has 6 heteroatoms. The molecule has 6 nitrogen and oxygen atoms in total. The first-order chi connectivity index (χ1) is 4.29. The van der Waals surface area contributed by atoms with E-state index in [2.05, 4.69) is 20.0 Å². The molecule has 0 aromatic carbocycles. The lowest BCUT2D eigenvalue weighted by Gasteiger charge is -1.91. The summed E-state index contributed by atoms with van der Waals surface area (Å²) in [6, 6.07) is 0.127. The Morgan fingerprint density at radius 1 is 1.89 bits per heavy atom. The van der Waals surface area contributed by atoms with Crippen molar-refractivity contribution >= 4 is 12.0 Å². The topological polar surface area (TPSA) is 101 Å². The number of anilines is 1. The molecule has 1 rings (SSSR count). The summed E-state index contributed by atoms with van der Waals surface area (Å²) in [4.78, 5) is 3.55. The van der Waals surface area contributed by atoms with Crippen LogP contribution in [0.25, 0.3) is 0 Å². The lowest BCUT2D eigenvalue weighted by molar-refractivity contribution is 0.433. The second kappa shape index (κ2) is 2.12. The van der Waals surface area contributed by atoms with Crippen LogP contribution in [0, 0.1) is 5.41 Å². The first-order valence-electron chi connectivity index (χ1n) is 2.17. The van der Waals surface area contributed by atoms with Crippen LogP contribution in [-0.2, 0) is 0 Å². The largest absolute Gasteiger partial charge is 0.370 e. The highest BCUT2D eigenvalue weighted by molar-refractivity contribution is 5.87. The van der Waals surface area contributed by atoms with Crippen LogP contribution in [0.4, 0.5) is 6.01 Å². The number of hydrogen-bond donors (Lipinski definition) is 3. The number of aromatic nitrogens is 2. The molecule has 1 aromatic rings. The van der Waals surface area contributed by atoms with E-state index in [1.54, 1.807) is 0 Å². The van der Waals surface area contributed by atoms with Gasteiger partial charge in [0.15, 0.2) is 12.3 Å². The zero-order chi connectivity index (χ0) is 6.69. The van der Waals surface area contributed by atoms with Gasteiger partial charge in [-0.2, -0.15) is 4.98 Å². The number of hydrogen-bond acceptors (Lipinski definition) is 4. The Morgan fingerprint density at radius 3 is 3.11 bits per heavy atom. The minimum Gasteiger partial charge on any atom is -0.370 e. The Morgan fingerprint density at radius 2 is 2.67 bits per heavy atom. The van der Waals surface area contributed by atoms with E-state index < -0.39 is 0 Å². The zero-order valence-corrected chi connectivity index (χ0v) is 4.46. The van der Waals surface area contributed by atoms with Crippen molar-refractivity contribution in [2.45, 2.75) is 0 Å². The lowest BCUT2D eigenvalue weighted by Crippen LogP contribution is -2.20. The molecule has 0 saturated heterocycles. The summed E-state index contributed by atoms with van der Waals surface area (Å²) in [5.74, 6) is -0.223. The molecule has 0 spiro atoms. The Labute approximate surface area is 50.6 Å². The molecule has 0 unspecified atom stereocenters. The Hall–Kier alpha value is -1.59. The maximum Gasteiger partial charge on any atom is 0.327 e. The van der Waals surface area contributed by atoms with Gasteiger partial charge >= 0.3 is 6.01 Å². The molecule has 0 amide bonds. The summed E-state index contributed by atoms with van der Waals surface area (Å²) >= 11 is 0. The van der Waals surface area contributed by atoms with Gasteiger partial charge < -0.3 is 10.3 Å². The Balaban J connectivity index is 2.58. The molecule has 1 heterocycles. The van der Waals surface area contributed by atoms with Crippen LogP contribution in [0.2, 0.25) is 0 Å². The van der Waals surface area contributed by atoms with Gasteiger partial charge in [0.25, 0.3) is 0 Å². The first-order valence-corrected chi connectivity index (χ1v) is 2.17. The normalized spacial score (nSPS) is 8.89. The molecule has 0 aliphatic carbocycles. The maximum absolute atomic E-state index is 6.71. The predicted molar refractivity (Wildman–Crippen MR) is 29.8 cm³/mol. The number of nitrogens with zero attached hydrogens (tertiary/aromatic N) is 2. The van der Waals surface area contributed by atoms with Gasteiger partial charge in [-0.15, -0.1) is 0 Å². The second-order valence-corrected chi connectivity index (χ2v) is 1.29. The molecule has 0 saturated carbocycles. The van der Waals surface area contributed by atoms with E-state index >= 15 is 0 Å². The predicted octanol–water partition coefficient (Wildman–Crippen LogP) is -0.625. The summed E-state index contributed by atoms with van der Waals surface area (Å²) in [6.45, 7) is 0. The molecular weight excluding hydrogens is 122 g/mol. The van der Waals surface area contributed by atoms with Gasteiger partial charge in [0.05, 0.1) is 0 Å². The van der Waals surface area contributed by atoms with Crippen molar-refractivity contribution in [3.63, 3.8) is 0 Å². The fraction of sp³-hybridized carbons (Fsp3) is 0. The number of guanidine groups is 1. The van der Waals surface area contributed by atoms with Gasteiger partial charge in [-0.1, -0.05) is 5.16 Å². The molecule has 48 valence electrons. The summed E-state index contributed by atoms with van der Waals surface area (Å²) in [7, 11) is 0. The van der Waals surface area contributed by atoms with E-state index in [0.717, 1.165) is 0 Å². The van der Waals surface area contributed by atoms with Crippen LogP contribution in [0.1, 0.15) is 0 Å². The van der Waals surface area contributed by atoms with Crippen LogP contribution < -0.4 is 11.1 Å².